The van der Waals surface area contributed by atoms with E-state index in [9.17, 15) is 13.6 Å². The van der Waals surface area contributed by atoms with Crippen molar-refractivity contribution in [2.75, 3.05) is 0 Å². The van der Waals surface area contributed by atoms with E-state index in [0.717, 1.165) is 6.07 Å². The second kappa shape index (κ2) is 6.48. The summed E-state index contributed by atoms with van der Waals surface area (Å²) >= 11 is 0. The number of ether oxygens (including phenoxy) is 2. The molecule has 0 aliphatic heterocycles. The third kappa shape index (κ3) is 3.76. The predicted octanol–water partition coefficient (Wildman–Crippen LogP) is 3.38. The number of nitriles is 1. The van der Waals surface area contributed by atoms with Gasteiger partial charge in [0.05, 0.1) is 11.1 Å². The van der Waals surface area contributed by atoms with Crippen LogP contribution in [0.2, 0.25) is 0 Å². The summed E-state index contributed by atoms with van der Waals surface area (Å²) in [7, 11) is 0. The van der Waals surface area contributed by atoms with Crippen LogP contribution in [0.15, 0.2) is 48.5 Å². The monoisotopic (exact) mass is 289 g/mol. The topological polar surface area (TPSA) is 59.3 Å². The van der Waals surface area contributed by atoms with Crippen LogP contribution >= 0.6 is 0 Å². The highest BCUT2D eigenvalue weighted by molar-refractivity contribution is 5.91. The van der Waals surface area contributed by atoms with Crippen molar-refractivity contribution in [2.24, 2.45) is 0 Å². The van der Waals surface area contributed by atoms with Crippen LogP contribution in [0.4, 0.5) is 8.78 Å². The number of alkyl halides is 2. The minimum atomic E-state index is -2.98. The maximum absolute atomic E-state index is 12.1. The summed E-state index contributed by atoms with van der Waals surface area (Å²) in [6.45, 7) is -2.98. The Labute approximate surface area is 119 Å². The molecule has 0 amide bonds. The molecular formula is C15H9F2NO3. The number of rotatable bonds is 4. The number of halogens is 2. The highest BCUT2D eigenvalue weighted by Crippen LogP contribution is 2.20. The lowest BCUT2D eigenvalue weighted by atomic mass is 10.2. The van der Waals surface area contributed by atoms with Crippen LogP contribution in [0.3, 0.4) is 0 Å². The first-order valence-electron chi connectivity index (χ1n) is 5.86. The van der Waals surface area contributed by atoms with Crippen LogP contribution in [-0.2, 0) is 0 Å². The summed E-state index contributed by atoms with van der Waals surface area (Å²) in [5.41, 5.74) is 0.242. The molecule has 0 bridgehead atoms. The Bertz CT molecular complexity index is 695. The van der Waals surface area contributed by atoms with Gasteiger partial charge in [-0.3, -0.25) is 0 Å². The molecular weight excluding hydrogens is 280 g/mol. The fourth-order valence-corrected chi connectivity index (χ4v) is 1.61. The number of nitrogens with zero attached hydrogens (tertiary/aromatic N) is 1. The SMILES string of the molecule is N#Cc1ccccc1OC(=O)c1cccc(OC(F)F)c1. The van der Waals surface area contributed by atoms with Gasteiger partial charge in [0.1, 0.15) is 17.6 Å². The van der Waals surface area contributed by atoms with E-state index in [-0.39, 0.29) is 22.6 Å². The molecule has 2 aromatic rings. The molecule has 0 aliphatic carbocycles. The standard InChI is InChI=1S/C15H9F2NO3/c16-15(17)20-12-6-3-5-10(8-12)14(19)21-13-7-2-1-4-11(13)9-18/h1-8,15H. The molecule has 0 saturated carbocycles. The van der Waals surface area contributed by atoms with Crippen molar-refractivity contribution in [1.82, 2.24) is 0 Å². The first kappa shape index (κ1) is 14.5. The minimum Gasteiger partial charge on any atom is -0.435 e. The summed E-state index contributed by atoms with van der Waals surface area (Å²) < 4.78 is 33.5. The molecule has 0 aromatic heterocycles. The average molecular weight is 289 g/mol. The summed E-state index contributed by atoms with van der Waals surface area (Å²) in [4.78, 5) is 11.9. The van der Waals surface area contributed by atoms with Crippen molar-refractivity contribution in [3.63, 3.8) is 0 Å². The number of esters is 1. The van der Waals surface area contributed by atoms with Crippen molar-refractivity contribution in [1.29, 1.82) is 5.26 Å². The third-order valence-corrected chi connectivity index (χ3v) is 2.51. The van der Waals surface area contributed by atoms with Gasteiger partial charge in [-0.25, -0.2) is 4.79 Å². The van der Waals surface area contributed by atoms with E-state index in [1.165, 1.54) is 30.3 Å². The summed E-state index contributed by atoms with van der Waals surface area (Å²) in [5, 5.41) is 8.90. The van der Waals surface area contributed by atoms with Gasteiger partial charge in [0, 0.05) is 0 Å². The zero-order valence-corrected chi connectivity index (χ0v) is 10.6. The highest BCUT2D eigenvalue weighted by atomic mass is 19.3. The summed E-state index contributed by atoms with van der Waals surface area (Å²) in [6.07, 6.45) is 0. The lowest BCUT2D eigenvalue weighted by Crippen LogP contribution is -2.10. The number of carbonyl (C=O) groups excluding carboxylic acids is 1. The Morgan fingerprint density at radius 1 is 1.14 bits per heavy atom. The fourth-order valence-electron chi connectivity index (χ4n) is 1.61. The predicted molar refractivity (Wildman–Crippen MR) is 69.2 cm³/mol. The Morgan fingerprint density at radius 3 is 2.62 bits per heavy atom. The van der Waals surface area contributed by atoms with Gasteiger partial charge in [0.25, 0.3) is 0 Å². The van der Waals surface area contributed by atoms with Gasteiger partial charge >= 0.3 is 12.6 Å². The number of hydrogen-bond donors (Lipinski definition) is 0. The van der Waals surface area contributed by atoms with E-state index in [0.29, 0.717) is 0 Å². The molecule has 0 N–H and O–H groups in total. The van der Waals surface area contributed by atoms with E-state index in [1.807, 2.05) is 6.07 Å². The van der Waals surface area contributed by atoms with Gasteiger partial charge in [-0.15, -0.1) is 0 Å². The second-order valence-electron chi connectivity index (χ2n) is 3.90. The van der Waals surface area contributed by atoms with Crippen molar-refractivity contribution in [3.05, 3.63) is 59.7 Å². The molecule has 0 heterocycles. The third-order valence-electron chi connectivity index (χ3n) is 2.51. The normalized spacial score (nSPS) is 10.0. The van der Waals surface area contributed by atoms with Gasteiger partial charge < -0.3 is 9.47 Å². The Kier molecular flexibility index (Phi) is 4.46. The van der Waals surface area contributed by atoms with E-state index >= 15 is 0 Å². The van der Waals surface area contributed by atoms with Crippen molar-refractivity contribution < 1.29 is 23.0 Å². The Morgan fingerprint density at radius 2 is 1.90 bits per heavy atom. The quantitative estimate of drug-likeness (QED) is 0.639. The number of hydrogen-bond acceptors (Lipinski definition) is 4. The average Bonchev–Trinajstić information content (AvgIpc) is 2.47. The van der Waals surface area contributed by atoms with E-state index < -0.39 is 12.6 Å². The van der Waals surface area contributed by atoms with Crippen molar-refractivity contribution in [3.8, 4) is 17.6 Å². The van der Waals surface area contributed by atoms with Gasteiger partial charge in [-0.1, -0.05) is 18.2 Å². The second-order valence-corrected chi connectivity index (χ2v) is 3.90. The van der Waals surface area contributed by atoms with Crippen LogP contribution in [0.5, 0.6) is 11.5 Å². The molecule has 0 fully saturated rings. The van der Waals surface area contributed by atoms with Gasteiger partial charge in [0.15, 0.2) is 0 Å². The molecule has 106 valence electrons. The summed E-state index contributed by atoms with van der Waals surface area (Å²) in [6, 6.07) is 13.3. The van der Waals surface area contributed by atoms with Gasteiger partial charge in [-0.2, -0.15) is 14.0 Å². The number of para-hydroxylation sites is 1. The maximum atomic E-state index is 12.1. The van der Waals surface area contributed by atoms with Crippen LogP contribution in [0, 0.1) is 11.3 Å². The first-order chi connectivity index (χ1) is 10.1. The first-order valence-corrected chi connectivity index (χ1v) is 5.86. The zero-order valence-electron chi connectivity index (χ0n) is 10.6. The highest BCUT2D eigenvalue weighted by Gasteiger charge is 2.13. The van der Waals surface area contributed by atoms with Crippen LogP contribution in [-0.4, -0.2) is 12.6 Å². The molecule has 21 heavy (non-hydrogen) atoms. The molecule has 0 radical (unpaired) electrons. The zero-order chi connectivity index (χ0) is 15.2. The van der Waals surface area contributed by atoms with Crippen molar-refractivity contribution >= 4 is 5.97 Å². The largest absolute Gasteiger partial charge is 0.435 e. The summed E-state index contributed by atoms with van der Waals surface area (Å²) in [5.74, 6) is -0.810. The molecule has 2 rings (SSSR count). The number of carbonyl (C=O) groups is 1. The van der Waals surface area contributed by atoms with Crippen LogP contribution in [0.25, 0.3) is 0 Å². The lowest BCUT2D eigenvalue weighted by molar-refractivity contribution is -0.0499. The fraction of sp³-hybridized carbons (Fsp3) is 0.0667. The molecule has 6 heteroatoms. The van der Waals surface area contributed by atoms with E-state index in [4.69, 9.17) is 10.00 Å². The van der Waals surface area contributed by atoms with Crippen LogP contribution < -0.4 is 9.47 Å². The number of benzene rings is 2. The van der Waals surface area contributed by atoms with Crippen molar-refractivity contribution in [2.45, 2.75) is 6.61 Å². The molecule has 0 atom stereocenters. The van der Waals surface area contributed by atoms with E-state index in [2.05, 4.69) is 4.74 Å². The Hall–Kier alpha value is -2.94. The van der Waals surface area contributed by atoms with Gasteiger partial charge in [-0.05, 0) is 30.3 Å². The molecule has 2 aromatic carbocycles. The molecule has 0 unspecified atom stereocenters. The molecule has 0 aliphatic rings. The minimum absolute atomic E-state index is 0.0425. The lowest BCUT2D eigenvalue weighted by Gasteiger charge is -2.08. The molecule has 4 nitrogen and oxygen atoms in total. The molecule has 0 saturated heterocycles. The van der Waals surface area contributed by atoms with Gasteiger partial charge in [0.2, 0.25) is 0 Å². The maximum Gasteiger partial charge on any atom is 0.387 e. The smallest absolute Gasteiger partial charge is 0.387 e. The van der Waals surface area contributed by atoms with E-state index in [1.54, 1.807) is 12.1 Å². The molecule has 0 spiro atoms. The Balaban J connectivity index is 2.19. The van der Waals surface area contributed by atoms with Crippen LogP contribution in [0.1, 0.15) is 15.9 Å².